The van der Waals surface area contributed by atoms with Gasteiger partial charge in [0.05, 0.1) is 35.1 Å². The fraction of sp³-hybridized carbons (Fsp3) is 0.265. The summed E-state index contributed by atoms with van der Waals surface area (Å²) in [5.74, 6) is -0.974. The van der Waals surface area contributed by atoms with Crippen LogP contribution >= 0.6 is 15.9 Å². The number of fused-ring (bicyclic) bond motifs is 2. The van der Waals surface area contributed by atoms with Gasteiger partial charge in [-0.2, -0.15) is 24.1 Å². The summed E-state index contributed by atoms with van der Waals surface area (Å²) in [6, 6.07) is 7.29. The highest BCUT2D eigenvalue weighted by Crippen LogP contribution is 2.37. The molecule has 0 spiro atoms. The Morgan fingerprint density at radius 3 is 1.76 bits per heavy atom. The van der Waals surface area contributed by atoms with Gasteiger partial charge in [-0.1, -0.05) is 0 Å². The fourth-order valence-electron chi connectivity index (χ4n) is 6.69. The standard InChI is InChI=1S/C19H17F2N7.C15H12BrF2N5/c1-12-9-22-28(11-12)15-10-23-27-8-6-17(25-19(15)27)26-7-2-3-14(26)18-13(20)4-5-16(21)24-18;16-9-8-19-23-7-5-13(21-15(9)23)22-6-1-2-11(22)14-10(17)3-4-12(18)20-14/h4-6,8-11,14H,2-3,7H2,1H3;3-5,7-8,11H,1-2,6H2/t14-;11-/m11/s1. The van der Waals surface area contributed by atoms with Crippen LogP contribution in [-0.4, -0.2) is 62.0 Å². The van der Waals surface area contributed by atoms with E-state index in [-0.39, 0.29) is 23.5 Å². The van der Waals surface area contributed by atoms with Gasteiger partial charge in [0, 0.05) is 31.7 Å². The summed E-state index contributed by atoms with van der Waals surface area (Å²) in [6.45, 7) is 3.37. The predicted octanol–water partition coefficient (Wildman–Crippen LogP) is 6.74. The molecule has 0 amide bonds. The number of aryl methyl sites for hydroxylation is 1. The van der Waals surface area contributed by atoms with E-state index >= 15 is 0 Å². The largest absolute Gasteiger partial charge is 0.348 e. The van der Waals surface area contributed by atoms with Gasteiger partial charge in [-0.15, -0.1) is 0 Å². The second kappa shape index (κ2) is 13.4. The zero-order valence-electron chi connectivity index (χ0n) is 27.1. The van der Waals surface area contributed by atoms with Crippen LogP contribution in [0.1, 0.15) is 54.7 Å². The molecule has 0 unspecified atom stereocenters. The van der Waals surface area contributed by atoms with E-state index in [9.17, 15) is 17.6 Å². The van der Waals surface area contributed by atoms with Crippen LogP contribution in [0.2, 0.25) is 0 Å². The molecule has 9 heterocycles. The first-order valence-corrected chi connectivity index (χ1v) is 17.1. The Balaban J connectivity index is 0.000000150. The van der Waals surface area contributed by atoms with Crippen LogP contribution in [0.15, 0.2) is 78.1 Å². The van der Waals surface area contributed by atoms with Gasteiger partial charge >= 0.3 is 0 Å². The van der Waals surface area contributed by atoms with Crippen molar-refractivity contribution in [1.29, 1.82) is 0 Å². The highest BCUT2D eigenvalue weighted by Gasteiger charge is 2.32. The number of nitrogens with zero attached hydrogens (tertiary/aromatic N) is 12. The van der Waals surface area contributed by atoms with Gasteiger partial charge in [-0.05, 0) is 90.5 Å². The lowest BCUT2D eigenvalue weighted by Gasteiger charge is -2.25. The van der Waals surface area contributed by atoms with E-state index in [0.29, 0.717) is 42.3 Å². The second-order valence-corrected chi connectivity index (χ2v) is 13.2. The summed E-state index contributed by atoms with van der Waals surface area (Å²) < 4.78 is 61.2. The van der Waals surface area contributed by atoms with Crippen LogP contribution in [-0.2, 0) is 0 Å². The number of halogens is 5. The molecule has 0 aliphatic carbocycles. The Morgan fingerprint density at radius 2 is 1.20 bits per heavy atom. The summed E-state index contributed by atoms with van der Waals surface area (Å²) in [4.78, 5) is 20.8. The first-order chi connectivity index (χ1) is 24.7. The molecule has 51 heavy (non-hydrogen) atoms. The van der Waals surface area contributed by atoms with Gasteiger partial charge in [-0.3, -0.25) is 0 Å². The molecule has 260 valence electrons. The van der Waals surface area contributed by atoms with Crippen molar-refractivity contribution in [2.45, 2.75) is 44.7 Å². The van der Waals surface area contributed by atoms with Crippen LogP contribution in [0.3, 0.4) is 0 Å². The smallest absolute Gasteiger partial charge is 0.213 e. The third-order valence-electron chi connectivity index (χ3n) is 9.01. The average Bonchev–Trinajstić information content (AvgIpc) is 3.98. The number of hydrogen-bond acceptors (Lipinski definition) is 9. The summed E-state index contributed by atoms with van der Waals surface area (Å²) in [6.07, 6.45) is 13.8. The molecule has 0 N–H and O–H groups in total. The molecule has 2 aliphatic heterocycles. The predicted molar refractivity (Wildman–Crippen MR) is 182 cm³/mol. The lowest BCUT2D eigenvalue weighted by Crippen LogP contribution is -2.25. The van der Waals surface area contributed by atoms with Crippen molar-refractivity contribution in [2.75, 3.05) is 22.9 Å². The minimum Gasteiger partial charge on any atom is -0.348 e. The van der Waals surface area contributed by atoms with E-state index in [0.717, 1.165) is 59.4 Å². The Kier molecular flexibility index (Phi) is 8.57. The molecule has 0 aromatic carbocycles. The van der Waals surface area contributed by atoms with Gasteiger partial charge in [0.2, 0.25) is 11.9 Å². The van der Waals surface area contributed by atoms with Crippen molar-refractivity contribution in [3.8, 4) is 5.69 Å². The van der Waals surface area contributed by atoms with Crippen LogP contribution in [0.25, 0.3) is 17.0 Å². The van der Waals surface area contributed by atoms with Gasteiger partial charge in [0.25, 0.3) is 0 Å². The Bertz CT molecular complexity index is 2370. The SMILES string of the molecule is Cc1cnn(-c2cnn3ccc(N4CCC[C@@H]4c4nc(F)ccc4F)nc23)c1.Fc1ccc(F)c([C@H]2CCCN2c2ccn3ncc(Br)c3n2)n1. The maximum atomic E-state index is 14.3. The van der Waals surface area contributed by atoms with Crippen molar-refractivity contribution in [2.24, 2.45) is 0 Å². The quantitative estimate of drug-likeness (QED) is 0.139. The van der Waals surface area contributed by atoms with E-state index < -0.39 is 23.5 Å². The zero-order valence-corrected chi connectivity index (χ0v) is 28.7. The Morgan fingerprint density at radius 1 is 0.647 bits per heavy atom. The van der Waals surface area contributed by atoms with Crippen LogP contribution in [0.5, 0.6) is 0 Å². The molecule has 17 heteroatoms. The fourth-order valence-corrected chi connectivity index (χ4v) is 7.05. The lowest BCUT2D eigenvalue weighted by atomic mass is 10.1. The van der Waals surface area contributed by atoms with E-state index in [1.165, 1.54) is 0 Å². The topological polar surface area (TPSA) is 110 Å². The molecule has 0 bridgehead atoms. The van der Waals surface area contributed by atoms with E-state index in [1.807, 2.05) is 41.2 Å². The normalized spacial score (nSPS) is 17.5. The number of rotatable bonds is 5. The maximum absolute atomic E-state index is 14.3. The molecule has 7 aromatic rings. The molecule has 0 radical (unpaired) electrons. The Hall–Kier alpha value is -5.45. The van der Waals surface area contributed by atoms with E-state index in [4.69, 9.17) is 4.98 Å². The van der Waals surface area contributed by atoms with Crippen molar-refractivity contribution in [3.63, 3.8) is 0 Å². The number of anilines is 2. The molecule has 2 aliphatic rings. The summed E-state index contributed by atoms with van der Waals surface area (Å²) >= 11 is 3.40. The molecule has 2 atom stereocenters. The van der Waals surface area contributed by atoms with Gasteiger partial charge in [-0.25, -0.2) is 42.4 Å². The number of hydrogen-bond donors (Lipinski definition) is 0. The monoisotopic (exact) mass is 760 g/mol. The average molecular weight is 762 g/mol. The minimum atomic E-state index is -0.682. The minimum absolute atomic E-state index is 0.121. The lowest BCUT2D eigenvalue weighted by molar-refractivity contribution is 0.518. The highest BCUT2D eigenvalue weighted by molar-refractivity contribution is 9.10. The molecular weight excluding hydrogens is 732 g/mol. The van der Waals surface area contributed by atoms with Crippen LogP contribution in [0.4, 0.5) is 29.2 Å². The first-order valence-electron chi connectivity index (χ1n) is 16.3. The molecular formula is C34H29BrF4N12. The molecule has 12 nitrogen and oxygen atoms in total. The summed E-state index contributed by atoms with van der Waals surface area (Å²) in [5.41, 5.74) is 3.36. The third kappa shape index (κ3) is 6.26. The van der Waals surface area contributed by atoms with Crippen molar-refractivity contribution in [3.05, 3.63) is 119 Å². The highest BCUT2D eigenvalue weighted by atomic mass is 79.9. The zero-order chi connectivity index (χ0) is 35.2. The van der Waals surface area contributed by atoms with E-state index in [1.54, 1.807) is 38.5 Å². The number of pyridine rings is 2. The van der Waals surface area contributed by atoms with E-state index in [2.05, 4.69) is 46.2 Å². The van der Waals surface area contributed by atoms with Crippen molar-refractivity contribution in [1.82, 2.24) is 48.9 Å². The Labute approximate surface area is 296 Å². The van der Waals surface area contributed by atoms with Crippen LogP contribution in [0, 0.1) is 30.5 Å². The van der Waals surface area contributed by atoms with Crippen LogP contribution < -0.4 is 9.80 Å². The molecule has 9 rings (SSSR count). The molecule has 0 saturated carbocycles. The van der Waals surface area contributed by atoms with Crippen molar-refractivity contribution < 1.29 is 17.6 Å². The van der Waals surface area contributed by atoms with Gasteiger partial charge < -0.3 is 9.80 Å². The molecule has 7 aromatic heterocycles. The van der Waals surface area contributed by atoms with Gasteiger partial charge in [0.15, 0.2) is 11.3 Å². The third-order valence-corrected chi connectivity index (χ3v) is 9.57. The maximum Gasteiger partial charge on any atom is 0.213 e. The van der Waals surface area contributed by atoms with Crippen molar-refractivity contribution >= 4 is 38.9 Å². The molecule has 2 fully saturated rings. The second-order valence-electron chi connectivity index (χ2n) is 12.3. The first kappa shape index (κ1) is 32.7. The van der Waals surface area contributed by atoms with Gasteiger partial charge in [0.1, 0.15) is 40.3 Å². The molecule has 2 saturated heterocycles. The summed E-state index contributed by atoms with van der Waals surface area (Å²) in [7, 11) is 0. The summed E-state index contributed by atoms with van der Waals surface area (Å²) in [5, 5.41) is 12.8. The number of aromatic nitrogens is 10.